The maximum atomic E-state index is 11.6. The monoisotopic (exact) mass is 450 g/mol. The molecule has 0 saturated heterocycles. The Bertz CT molecular complexity index is 1210. The van der Waals surface area contributed by atoms with E-state index < -0.39 is 0 Å². The number of anilines is 2. The van der Waals surface area contributed by atoms with E-state index in [0.717, 1.165) is 28.1 Å². The van der Waals surface area contributed by atoms with Crippen molar-refractivity contribution >= 4 is 40.2 Å². The Morgan fingerprint density at radius 3 is 2.88 bits per heavy atom. The lowest BCUT2D eigenvalue weighted by molar-refractivity contribution is 0.243. The van der Waals surface area contributed by atoms with Gasteiger partial charge in [0, 0.05) is 37.0 Å². The van der Waals surface area contributed by atoms with E-state index in [9.17, 15) is 4.79 Å². The number of nitrogens with zero attached hydrogens (tertiary/aromatic N) is 3. The first-order valence-corrected chi connectivity index (χ1v) is 10.5. The number of amides is 2. The second-order valence-corrected chi connectivity index (χ2v) is 7.45. The summed E-state index contributed by atoms with van der Waals surface area (Å²) in [5.41, 5.74) is 2.67. The summed E-state index contributed by atoms with van der Waals surface area (Å²) < 4.78 is 5.90. The summed E-state index contributed by atoms with van der Waals surface area (Å²) >= 11 is 6.05. The van der Waals surface area contributed by atoms with Crippen LogP contribution in [0.15, 0.2) is 67.1 Å². The molecule has 0 aliphatic rings. The fourth-order valence-electron chi connectivity index (χ4n) is 3.34. The molecule has 0 atom stereocenters. The third-order valence-corrected chi connectivity index (χ3v) is 5.10. The van der Waals surface area contributed by atoms with Gasteiger partial charge in [0.2, 0.25) is 0 Å². The minimum Gasteiger partial charge on any atom is -0.489 e. The third kappa shape index (κ3) is 5.09. The Hall–Kier alpha value is -3.78. The maximum absolute atomic E-state index is 11.6. The summed E-state index contributed by atoms with van der Waals surface area (Å²) in [5.74, 6) is 1.46. The number of hydrogen-bond donors (Lipinski definition) is 3. The fraction of sp³-hybridized carbons (Fsp3) is 0.174. The Labute approximate surface area is 190 Å². The van der Waals surface area contributed by atoms with Crippen LogP contribution in [0.3, 0.4) is 0 Å². The summed E-state index contributed by atoms with van der Waals surface area (Å²) in [4.78, 5) is 25.6. The van der Waals surface area contributed by atoms with Crippen molar-refractivity contribution in [3.63, 3.8) is 0 Å². The average Bonchev–Trinajstić information content (AvgIpc) is 3.30. The number of nitrogens with one attached hydrogen (secondary N) is 3. The van der Waals surface area contributed by atoms with Crippen LogP contribution in [-0.2, 0) is 6.61 Å². The molecule has 0 spiro atoms. The van der Waals surface area contributed by atoms with Gasteiger partial charge in [-0.3, -0.25) is 0 Å². The normalized spacial score (nSPS) is 10.7. The number of fused-ring (bicyclic) bond motifs is 1. The maximum Gasteiger partial charge on any atom is 0.314 e. The van der Waals surface area contributed by atoms with Gasteiger partial charge >= 0.3 is 6.03 Å². The van der Waals surface area contributed by atoms with Crippen molar-refractivity contribution in [2.75, 3.05) is 25.0 Å². The number of ether oxygens (including phenoxy) is 1. The largest absolute Gasteiger partial charge is 0.489 e. The Morgan fingerprint density at radius 2 is 2.03 bits per heavy atom. The van der Waals surface area contributed by atoms with E-state index in [2.05, 4.69) is 30.5 Å². The van der Waals surface area contributed by atoms with Crippen LogP contribution >= 0.6 is 11.6 Å². The molecule has 4 rings (SSSR count). The van der Waals surface area contributed by atoms with E-state index in [-0.39, 0.29) is 6.03 Å². The van der Waals surface area contributed by atoms with Crippen LogP contribution in [0.25, 0.3) is 11.0 Å². The van der Waals surface area contributed by atoms with Gasteiger partial charge in [-0.2, -0.15) is 0 Å². The highest BCUT2D eigenvalue weighted by atomic mass is 35.5. The van der Waals surface area contributed by atoms with Crippen LogP contribution in [-0.4, -0.2) is 41.1 Å². The van der Waals surface area contributed by atoms with Crippen molar-refractivity contribution in [3.05, 3.63) is 77.7 Å². The number of urea groups is 1. The highest BCUT2D eigenvalue weighted by molar-refractivity contribution is 6.30. The van der Waals surface area contributed by atoms with Crippen LogP contribution < -0.4 is 20.3 Å². The predicted molar refractivity (Wildman–Crippen MR) is 126 cm³/mol. The van der Waals surface area contributed by atoms with Gasteiger partial charge in [0.15, 0.2) is 0 Å². The molecule has 0 unspecified atom stereocenters. The Kier molecular flexibility index (Phi) is 6.72. The minimum atomic E-state index is -0.233. The van der Waals surface area contributed by atoms with Crippen LogP contribution in [0.5, 0.6) is 5.75 Å². The van der Waals surface area contributed by atoms with E-state index in [1.54, 1.807) is 13.1 Å². The van der Waals surface area contributed by atoms with Gasteiger partial charge < -0.3 is 25.3 Å². The summed E-state index contributed by atoms with van der Waals surface area (Å²) in [6.07, 6.45) is 3.36. The molecule has 8 nitrogen and oxygen atoms in total. The van der Waals surface area contributed by atoms with Crippen LogP contribution in [0.2, 0.25) is 5.02 Å². The number of H-pyrrole nitrogens is 1. The Morgan fingerprint density at radius 1 is 1.16 bits per heavy atom. The minimum absolute atomic E-state index is 0.233. The number of benzene rings is 2. The van der Waals surface area contributed by atoms with Crippen LogP contribution in [0.1, 0.15) is 5.56 Å². The summed E-state index contributed by atoms with van der Waals surface area (Å²) in [7, 11) is 1.59. The fourth-order valence-corrected chi connectivity index (χ4v) is 3.52. The molecule has 0 fully saturated rings. The van der Waals surface area contributed by atoms with Crippen molar-refractivity contribution < 1.29 is 9.53 Å². The molecule has 0 bridgehead atoms. The third-order valence-electron chi connectivity index (χ3n) is 4.86. The van der Waals surface area contributed by atoms with Crippen molar-refractivity contribution in [1.82, 2.24) is 25.6 Å². The molecule has 2 amide bonds. The van der Waals surface area contributed by atoms with Crippen LogP contribution in [0.4, 0.5) is 16.3 Å². The number of halogens is 1. The number of carbonyl (C=O) groups is 1. The molecular weight excluding hydrogens is 428 g/mol. The molecule has 0 radical (unpaired) electrons. The molecule has 4 aromatic rings. The molecule has 32 heavy (non-hydrogen) atoms. The first-order valence-electron chi connectivity index (χ1n) is 10.1. The number of hydrogen-bond acceptors (Lipinski definition) is 5. The van der Waals surface area contributed by atoms with Gasteiger partial charge in [-0.05, 0) is 42.0 Å². The molecule has 0 saturated carbocycles. The van der Waals surface area contributed by atoms with Gasteiger partial charge in [-0.15, -0.1) is 0 Å². The topological polar surface area (TPSA) is 95.2 Å². The molecule has 2 aromatic heterocycles. The predicted octanol–water partition coefficient (Wildman–Crippen LogP) is 4.26. The summed E-state index contributed by atoms with van der Waals surface area (Å²) in [5, 5.41) is 6.92. The van der Waals surface area contributed by atoms with E-state index in [0.29, 0.717) is 30.5 Å². The lowest BCUT2D eigenvalue weighted by Gasteiger charge is -2.25. The molecule has 9 heteroatoms. The van der Waals surface area contributed by atoms with E-state index >= 15 is 0 Å². The molecule has 3 N–H and O–H groups in total. The zero-order valence-electron chi connectivity index (χ0n) is 17.5. The van der Waals surface area contributed by atoms with Gasteiger partial charge in [0.05, 0.1) is 5.39 Å². The SMILES string of the molecule is CNC(=O)NCCN(c1cccc(COc2cccc(Cl)c2)c1)c1ncnc2[nH]ccc12. The van der Waals surface area contributed by atoms with Crippen molar-refractivity contribution in [3.8, 4) is 5.75 Å². The lowest BCUT2D eigenvalue weighted by atomic mass is 10.2. The first kappa shape index (κ1) is 21.5. The summed E-state index contributed by atoms with van der Waals surface area (Å²) in [6, 6.07) is 17.0. The standard InChI is InChI=1S/C23H23ClN6O2/c1-25-23(31)27-10-11-30(22-20-8-9-26-21(20)28-15-29-22)18-6-2-4-16(12-18)14-32-19-7-3-5-17(24)13-19/h2-9,12-13,15H,10-11,14H2,1H3,(H2,25,27,31)(H,26,28,29). The smallest absolute Gasteiger partial charge is 0.314 e. The average molecular weight is 451 g/mol. The van der Waals surface area contributed by atoms with Gasteiger partial charge in [0.1, 0.15) is 30.1 Å². The quantitative estimate of drug-likeness (QED) is 0.373. The summed E-state index contributed by atoms with van der Waals surface area (Å²) in [6.45, 7) is 1.34. The van der Waals surface area contributed by atoms with Gasteiger partial charge in [-0.1, -0.05) is 29.8 Å². The van der Waals surface area contributed by atoms with Crippen molar-refractivity contribution in [1.29, 1.82) is 0 Å². The zero-order chi connectivity index (χ0) is 22.3. The van der Waals surface area contributed by atoms with Crippen molar-refractivity contribution in [2.24, 2.45) is 0 Å². The van der Waals surface area contributed by atoms with Gasteiger partial charge in [-0.25, -0.2) is 14.8 Å². The molecule has 0 aliphatic heterocycles. The molecule has 2 heterocycles. The molecule has 164 valence electrons. The van der Waals surface area contributed by atoms with E-state index in [4.69, 9.17) is 16.3 Å². The highest BCUT2D eigenvalue weighted by Crippen LogP contribution is 2.29. The van der Waals surface area contributed by atoms with E-state index in [1.165, 1.54) is 6.33 Å². The second-order valence-electron chi connectivity index (χ2n) is 7.01. The number of rotatable bonds is 8. The molecule has 0 aliphatic carbocycles. The van der Waals surface area contributed by atoms with Crippen molar-refractivity contribution in [2.45, 2.75) is 6.61 Å². The molecular formula is C23H23ClN6O2. The zero-order valence-corrected chi connectivity index (χ0v) is 18.3. The first-order chi connectivity index (χ1) is 15.6. The number of carbonyl (C=O) groups excluding carboxylic acids is 1. The number of aromatic nitrogens is 3. The highest BCUT2D eigenvalue weighted by Gasteiger charge is 2.16. The lowest BCUT2D eigenvalue weighted by Crippen LogP contribution is -2.38. The van der Waals surface area contributed by atoms with Crippen LogP contribution in [0, 0.1) is 0 Å². The Balaban J connectivity index is 1.59. The number of aromatic amines is 1. The van der Waals surface area contributed by atoms with Gasteiger partial charge in [0.25, 0.3) is 0 Å². The molecule has 2 aromatic carbocycles. The van der Waals surface area contributed by atoms with E-state index in [1.807, 2.05) is 54.7 Å². The second kappa shape index (κ2) is 10.0.